The summed E-state index contributed by atoms with van der Waals surface area (Å²) >= 11 is 0. The Balaban J connectivity index is 1.42. The molecule has 0 aliphatic carbocycles. The second kappa shape index (κ2) is 9.93. The van der Waals surface area contributed by atoms with Crippen LogP contribution in [0.3, 0.4) is 0 Å². The third-order valence-corrected chi connectivity index (χ3v) is 8.08. The van der Waals surface area contributed by atoms with Crippen LogP contribution in [-0.2, 0) is 10.2 Å². The molecule has 4 aromatic rings. The zero-order chi connectivity index (χ0) is 28.0. The zero-order valence-electron chi connectivity index (χ0n) is 23.0. The van der Waals surface area contributed by atoms with Crippen LogP contribution in [0.2, 0.25) is 0 Å². The number of nitrogens with zero attached hydrogens (tertiary/aromatic N) is 5. The number of nitrogens with one attached hydrogen (secondary N) is 1. The Hall–Kier alpha value is -4.47. The van der Waals surface area contributed by atoms with Crippen molar-refractivity contribution in [3.05, 3.63) is 65.9 Å². The zero-order valence-corrected chi connectivity index (χ0v) is 23.0. The van der Waals surface area contributed by atoms with Crippen molar-refractivity contribution >= 4 is 29.0 Å². The number of aromatic nitrogens is 4. The van der Waals surface area contributed by atoms with Gasteiger partial charge in [-0.1, -0.05) is 6.92 Å². The number of piperidine rings is 1. The Kier molecular flexibility index (Phi) is 6.40. The van der Waals surface area contributed by atoms with Gasteiger partial charge in [-0.05, 0) is 69.0 Å². The summed E-state index contributed by atoms with van der Waals surface area (Å²) in [4.78, 5) is 41.5. The molecule has 2 saturated heterocycles. The molecule has 10 heteroatoms. The Morgan fingerprint density at radius 1 is 1.20 bits per heavy atom. The van der Waals surface area contributed by atoms with Crippen LogP contribution >= 0.6 is 0 Å². The number of anilines is 2. The third kappa shape index (κ3) is 4.43. The summed E-state index contributed by atoms with van der Waals surface area (Å²) in [6.07, 6.45) is 8.59. The van der Waals surface area contributed by atoms with Crippen molar-refractivity contribution in [3.63, 3.8) is 0 Å². The van der Waals surface area contributed by atoms with E-state index in [4.69, 9.17) is 15.5 Å². The number of fused-ring (bicyclic) bond motifs is 2. The highest BCUT2D eigenvalue weighted by atomic mass is 16.5. The van der Waals surface area contributed by atoms with Gasteiger partial charge in [0.15, 0.2) is 0 Å². The van der Waals surface area contributed by atoms with Crippen LogP contribution in [-0.4, -0.2) is 55.3 Å². The molecule has 2 amide bonds. The molecule has 6 rings (SSSR count). The number of carbonyl (C=O) groups is 2. The van der Waals surface area contributed by atoms with Crippen LogP contribution < -0.4 is 15.8 Å². The van der Waals surface area contributed by atoms with E-state index in [1.807, 2.05) is 47.5 Å². The summed E-state index contributed by atoms with van der Waals surface area (Å²) in [5, 5.41) is 2.85. The molecule has 2 aliphatic heterocycles. The molecule has 2 fully saturated rings. The van der Waals surface area contributed by atoms with Crippen molar-refractivity contribution in [2.45, 2.75) is 57.9 Å². The van der Waals surface area contributed by atoms with Gasteiger partial charge in [-0.3, -0.25) is 14.0 Å². The molecule has 0 bridgehead atoms. The van der Waals surface area contributed by atoms with Crippen molar-refractivity contribution in [3.8, 4) is 17.0 Å². The molecule has 0 saturated carbocycles. The second-order valence-corrected chi connectivity index (χ2v) is 10.9. The number of benzene rings is 1. The maximum atomic E-state index is 13.1. The topological polar surface area (TPSA) is 128 Å². The highest BCUT2D eigenvalue weighted by molar-refractivity contribution is 6.04. The number of ether oxygens (including phenoxy) is 1. The van der Waals surface area contributed by atoms with E-state index in [2.05, 4.69) is 22.2 Å². The van der Waals surface area contributed by atoms with Gasteiger partial charge in [-0.25, -0.2) is 15.0 Å². The van der Waals surface area contributed by atoms with Crippen molar-refractivity contribution < 1.29 is 14.3 Å². The average Bonchev–Trinajstić information content (AvgIpc) is 3.50. The molecule has 0 unspecified atom stereocenters. The number of imidazole rings is 1. The van der Waals surface area contributed by atoms with E-state index in [1.165, 1.54) is 0 Å². The van der Waals surface area contributed by atoms with Crippen LogP contribution in [0.4, 0.5) is 11.6 Å². The fraction of sp³-hybridized carbons (Fsp3) is 0.367. The number of carbonyl (C=O) groups excluding carboxylic acids is 2. The van der Waals surface area contributed by atoms with E-state index >= 15 is 0 Å². The van der Waals surface area contributed by atoms with E-state index in [0.29, 0.717) is 65.3 Å². The molecule has 2 aliphatic rings. The maximum Gasteiger partial charge on any atom is 0.256 e. The summed E-state index contributed by atoms with van der Waals surface area (Å²) in [6.45, 7) is 7.02. The monoisotopic (exact) mass is 539 g/mol. The molecular weight excluding hydrogens is 506 g/mol. The molecular formula is C30H33N7O3. The summed E-state index contributed by atoms with van der Waals surface area (Å²) in [5.41, 5.74) is 9.53. The predicted molar refractivity (Wildman–Crippen MR) is 152 cm³/mol. The van der Waals surface area contributed by atoms with E-state index in [9.17, 15) is 9.59 Å². The van der Waals surface area contributed by atoms with Gasteiger partial charge in [0.25, 0.3) is 5.91 Å². The van der Waals surface area contributed by atoms with E-state index in [-0.39, 0.29) is 17.2 Å². The predicted octanol–water partition coefficient (Wildman–Crippen LogP) is 4.38. The van der Waals surface area contributed by atoms with Crippen molar-refractivity contribution in [2.75, 3.05) is 24.2 Å². The fourth-order valence-corrected chi connectivity index (χ4v) is 6.04. The van der Waals surface area contributed by atoms with Gasteiger partial charge in [-0.15, -0.1) is 0 Å². The van der Waals surface area contributed by atoms with Gasteiger partial charge >= 0.3 is 0 Å². The van der Waals surface area contributed by atoms with Gasteiger partial charge in [-0.2, -0.15) is 0 Å². The van der Waals surface area contributed by atoms with E-state index < -0.39 is 0 Å². The number of amides is 2. The summed E-state index contributed by atoms with van der Waals surface area (Å²) in [5.74, 6) is 2.11. The molecule has 10 nitrogen and oxygen atoms in total. The van der Waals surface area contributed by atoms with E-state index in [0.717, 1.165) is 30.7 Å². The lowest BCUT2D eigenvalue weighted by molar-refractivity contribution is -0.131. The highest BCUT2D eigenvalue weighted by Crippen LogP contribution is 2.43. The number of hydrogen-bond acceptors (Lipinski definition) is 7. The van der Waals surface area contributed by atoms with Gasteiger partial charge in [0.1, 0.15) is 34.4 Å². The van der Waals surface area contributed by atoms with Crippen LogP contribution in [0.1, 0.15) is 61.3 Å². The number of hydrogen-bond donors (Lipinski definition) is 2. The Bertz CT molecular complexity index is 1630. The molecule has 206 valence electrons. The largest absolute Gasteiger partial charge is 0.493 e. The Morgan fingerprint density at radius 2 is 2.05 bits per heavy atom. The summed E-state index contributed by atoms with van der Waals surface area (Å²) < 4.78 is 8.03. The number of rotatable bonds is 6. The molecule has 0 radical (unpaired) electrons. The standard InChI is InChI=1S/C30H33N7O3/c1-4-40-22-16-19(28(39)34-23-15-18(2)10-12-32-23)5-7-21(22)25-26-27(31)33-13-14-36(26)29(35-25)30(3)11-9-20-6-8-24(38)37(20)17-30/h5,7,10,12-16,20H,4,6,8-9,11,17H2,1-3H3,(H2,31,33)(H,32,34,39)/t20-,30-/m1/s1. The first kappa shape index (κ1) is 25.8. The Labute approximate surface area is 232 Å². The van der Waals surface area contributed by atoms with Crippen LogP contribution in [0, 0.1) is 6.92 Å². The number of nitrogen functional groups attached to an aromatic ring is 1. The van der Waals surface area contributed by atoms with Crippen LogP contribution in [0.15, 0.2) is 48.9 Å². The second-order valence-electron chi connectivity index (χ2n) is 10.9. The highest BCUT2D eigenvalue weighted by Gasteiger charge is 2.45. The number of pyridine rings is 1. The smallest absolute Gasteiger partial charge is 0.256 e. The summed E-state index contributed by atoms with van der Waals surface area (Å²) in [7, 11) is 0. The number of nitrogens with two attached hydrogens (primary N) is 1. The van der Waals surface area contributed by atoms with E-state index in [1.54, 1.807) is 24.5 Å². The molecule has 1 aromatic carbocycles. The lowest BCUT2D eigenvalue weighted by Crippen LogP contribution is -2.49. The molecule has 5 heterocycles. The van der Waals surface area contributed by atoms with Crippen LogP contribution in [0.25, 0.3) is 16.8 Å². The SMILES string of the molecule is CCOc1cc(C(=O)Nc2cc(C)ccn2)ccc1-c1nc([C@]2(C)CC[C@H]3CCC(=O)N3C2)n2ccnc(N)c12. The lowest BCUT2D eigenvalue weighted by Gasteiger charge is -2.41. The van der Waals surface area contributed by atoms with Gasteiger partial charge in [0, 0.05) is 54.1 Å². The first-order chi connectivity index (χ1) is 19.3. The minimum absolute atomic E-state index is 0.214. The normalized spacial score (nSPS) is 20.5. The fourth-order valence-electron chi connectivity index (χ4n) is 6.04. The molecule has 40 heavy (non-hydrogen) atoms. The molecule has 0 spiro atoms. The lowest BCUT2D eigenvalue weighted by atomic mass is 9.79. The van der Waals surface area contributed by atoms with Gasteiger partial charge < -0.3 is 20.7 Å². The first-order valence-electron chi connectivity index (χ1n) is 13.7. The minimum atomic E-state index is -0.363. The van der Waals surface area contributed by atoms with Crippen LogP contribution in [0.5, 0.6) is 5.75 Å². The average molecular weight is 540 g/mol. The Morgan fingerprint density at radius 3 is 2.85 bits per heavy atom. The van der Waals surface area contributed by atoms with Crippen molar-refractivity contribution in [1.82, 2.24) is 24.3 Å². The molecule has 3 N–H and O–H groups in total. The molecule has 2 atom stereocenters. The van der Waals surface area contributed by atoms with Gasteiger partial charge in [0.05, 0.1) is 6.61 Å². The quantitative estimate of drug-likeness (QED) is 0.372. The third-order valence-electron chi connectivity index (χ3n) is 8.08. The van der Waals surface area contributed by atoms with Crippen molar-refractivity contribution in [1.29, 1.82) is 0 Å². The summed E-state index contributed by atoms with van der Waals surface area (Å²) in [6, 6.07) is 9.31. The van der Waals surface area contributed by atoms with Gasteiger partial charge in [0.2, 0.25) is 5.91 Å². The maximum absolute atomic E-state index is 13.1. The molecule has 3 aromatic heterocycles. The minimum Gasteiger partial charge on any atom is -0.493 e. The number of aryl methyl sites for hydroxylation is 1. The first-order valence-corrected chi connectivity index (χ1v) is 13.7. The van der Waals surface area contributed by atoms with Crippen molar-refractivity contribution in [2.24, 2.45) is 0 Å².